The minimum absolute atomic E-state index is 0.0523. The second-order valence-electron chi connectivity index (χ2n) is 19.0. The lowest BCUT2D eigenvalue weighted by molar-refractivity contribution is 0.0591. The van der Waals surface area contributed by atoms with Crippen molar-refractivity contribution >= 4 is 33.8 Å². The van der Waals surface area contributed by atoms with Crippen molar-refractivity contribution in [3.8, 4) is 34.2 Å². The van der Waals surface area contributed by atoms with Crippen LogP contribution in [0.4, 0.5) is 9.18 Å². The monoisotopic (exact) mass is 919 g/mol. The van der Waals surface area contributed by atoms with Crippen LogP contribution in [0.3, 0.4) is 0 Å². The van der Waals surface area contributed by atoms with Crippen LogP contribution in [0.1, 0.15) is 65.6 Å². The minimum Gasteiger partial charge on any atom is -0.481 e. The zero-order chi connectivity index (χ0) is 47.6. The number of hydroxylamine groups is 1. The van der Waals surface area contributed by atoms with Crippen LogP contribution in [0.15, 0.2) is 90.2 Å². The van der Waals surface area contributed by atoms with Crippen LogP contribution in [0.25, 0.3) is 50.1 Å². The summed E-state index contributed by atoms with van der Waals surface area (Å²) in [6, 6.07) is 18.9. The van der Waals surface area contributed by atoms with E-state index in [1.54, 1.807) is 86.0 Å². The Hall–Kier alpha value is -7.57. The molecule has 1 unspecified atom stereocenters. The highest BCUT2D eigenvalue weighted by Gasteiger charge is 2.62. The van der Waals surface area contributed by atoms with E-state index in [1.165, 1.54) is 9.13 Å². The summed E-state index contributed by atoms with van der Waals surface area (Å²) >= 11 is 0. The number of aromatic nitrogens is 8. The highest BCUT2D eigenvalue weighted by atomic mass is 19.1. The average Bonchev–Trinajstić information content (AvgIpc) is 3.94. The molecule has 5 aromatic heterocycles. The number of amides is 2. The number of aryl methyl sites for hydroxylation is 2. The second kappa shape index (κ2) is 15.5. The lowest BCUT2D eigenvalue weighted by atomic mass is 10.0. The van der Waals surface area contributed by atoms with Gasteiger partial charge in [0, 0.05) is 59.0 Å². The number of nitrogens with one attached hydrogen (secondary N) is 2. The summed E-state index contributed by atoms with van der Waals surface area (Å²) in [6.45, 7) is 11.6. The first kappa shape index (κ1) is 43.0. The number of methoxy groups -OCH3 is 1. The number of halogens is 1. The molecular formula is C50H50FN11O6. The molecule has 348 valence electrons. The molecule has 0 radical (unpaired) electrons. The van der Waals surface area contributed by atoms with Gasteiger partial charge >= 0.3 is 11.8 Å². The molecule has 7 heterocycles. The van der Waals surface area contributed by atoms with E-state index in [9.17, 15) is 14.7 Å². The predicted octanol–water partition coefficient (Wildman–Crippen LogP) is 6.53. The van der Waals surface area contributed by atoms with Crippen molar-refractivity contribution in [2.75, 3.05) is 13.7 Å². The second-order valence-corrected chi connectivity index (χ2v) is 19.0. The molecule has 2 fully saturated rings. The van der Waals surface area contributed by atoms with Gasteiger partial charge in [-0.1, -0.05) is 13.0 Å². The van der Waals surface area contributed by atoms with E-state index in [0.29, 0.717) is 77.1 Å². The van der Waals surface area contributed by atoms with Gasteiger partial charge in [0.05, 0.1) is 60.1 Å². The summed E-state index contributed by atoms with van der Waals surface area (Å²) in [5.74, 6) is 0.440. The van der Waals surface area contributed by atoms with Gasteiger partial charge in [-0.05, 0) is 124 Å². The lowest BCUT2D eigenvalue weighted by Gasteiger charge is -2.31. The van der Waals surface area contributed by atoms with Crippen LogP contribution in [0.2, 0.25) is 0 Å². The summed E-state index contributed by atoms with van der Waals surface area (Å²) in [5, 5.41) is 24.6. The summed E-state index contributed by atoms with van der Waals surface area (Å²) in [5.41, 5.74) is 8.99. The fraction of sp³-hybridized carbons (Fsp3) is 0.320. The number of benzene rings is 3. The van der Waals surface area contributed by atoms with E-state index in [2.05, 4.69) is 38.4 Å². The van der Waals surface area contributed by atoms with E-state index in [-0.39, 0.29) is 29.9 Å². The maximum atomic E-state index is 15.4. The van der Waals surface area contributed by atoms with E-state index in [0.717, 1.165) is 38.5 Å². The fourth-order valence-electron chi connectivity index (χ4n) is 10.4. The van der Waals surface area contributed by atoms with Crippen LogP contribution in [0.5, 0.6) is 5.88 Å². The van der Waals surface area contributed by atoms with Crippen LogP contribution in [0, 0.1) is 32.5 Å². The standard InChI is InChI=1S/C50H50FN11O6/c1-27-18-35(19-28(2)42(27)51)62-44(59-17-16-58(48(59)65)34-9-11-39-33(21-34)24-53-60(39)26-49(5,6)66)37-25-57(15-13-38(37)55-62)45(63)41-22-32-20-31(36-12-14-52-43(67-7)30(36)4)8-10-40(32)61(41)50(23-29(50)3)46-54-47(64)68-56-46/h8-12,14,16-22,24,29,46,56,66H,13,15,23,25-26H2,1-7H3,(H,54,64)/t29-,46?,50-/m0/s1. The smallest absolute Gasteiger partial charge is 0.427 e. The molecule has 3 aromatic carbocycles. The van der Waals surface area contributed by atoms with Crippen molar-refractivity contribution < 1.29 is 28.7 Å². The van der Waals surface area contributed by atoms with Gasteiger partial charge in [0.25, 0.3) is 5.91 Å². The Balaban J connectivity index is 1.02. The Morgan fingerprint density at radius 1 is 0.985 bits per heavy atom. The number of hydrogen-bond acceptors (Lipinski definition) is 10. The Morgan fingerprint density at radius 3 is 2.44 bits per heavy atom. The van der Waals surface area contributed by atoms with E-state index in [4.69, 9.17) is 14.7 Å². The third-order valence-electron chi connectivity index (χ3n) is 13.9. The quantitative estimate of drug-likeness (QED) is 0.137. The Kier molecular flexibility index (Phi) is 9.80. The molecule has 3 atom stereocenters. The molecule has 1 aliphatic carbocycles. The predicted molar refractivity (Wildman–Crippen MR) is 251 cm³/mol. The molecule has 0 spiro atoms. The molecule has 1 saturated carbocycles. The molecule has 2 aliphatic heterocycles. The Morgan fingerprint density at radius 2 is 1.74 bits per heavy atom. The average molecular weight is 920 g/mol. The van der Waals surface area contributed by atoms with Crippen LogP contribution in [-0.2, 0) is 29.9 Å². The van der Waals surface area contributed by atoms with Crippen molar-refractivity contribution in [1.29, 1.82) is 0 Å². The number of nitrogens with zero attached hydrogens (tertiary/aromatic N) is 9. The first-order valence-corrected chi connectivity index (χ1v) is 22.6. The Labute approximate surface area is 389 Å². The number of aliphatic hydroxyl groups is 1. The topological polar surface area (TPSA) is 181 Å². The van der Waals surface area contributed by atoms with Gasteiger partial charge in [-0.2, -0.15) is 10.2 Å². The van der Waals surface area contributed by atoms with Crippen LogP contribution >= 0.6 is 0 Å². The largest absolute Gasteiger partial charge is 0.481 e. The summed E-state index contributed by atoms with van der Waals surface area (Å²) in [7, 11) is 1.59. The molecule has 2 amide bonds. The number of hydrogen-bond donors (Lipinski definition) is 3. The van der Waals surface area contributed by atoms with Crippen LogP contribution in [-0.4, -0.2) is 85.7 Å². The third kappa shape index (κ3) is 6.79. The van der Waals surface area contributed by atoms with E-state index < -0.39 is 23.4 Å². The van der Waals surface area contributed by atoms with Crippen molar-refractivity contribution in [3.05, 3.63) is 135 Å². The van der Waals surface area contributed by atoms with Gasteiger partial charge in [0.2, 0.25) is 5.88 Å². The molecule has 11 rings (SSSR count). The first-order chi connectivity index (χ1) is 32.5. The molecule has 8 aromatic rings. The fourth-order valence-corrected chi connectivity index (χ4v) is 10.4. The van der Waals surface area contributed by atoms with Gasteiger partial charge in [0.15, 0.2) is 0 Å². The number of pyridine rings is 1. The molecule has 1 saturated heterocycles. The van der Waals surface area contributed by atoms with Crippen molar-refractivity contribution in [1.82, 2.24) is 53.9 Å². The van der Waals surface area contributed by atoms with E-state index in [1.807, 2.05) is 49.4 Å². The zero-order valence-corrected chi connectivity index (χ0v) is 38.7. The molecular weight excluding hydrogens is 870 g/mol. The van der Waals surface area contributed by atoms with Gasteiger partial charge in [-0.15, -0.1) is 5.48 Å². The number of carbonyl (C=O) groups excluding carboxylic acids is 2. The highest BCUT2D eigenvalue weighted by molar-refractivity contribution is 6.00. The van der Waals surface area contributed by atoms with Crippen molar-refractivity contribution in [2.24, 2.45) is 5.92 Å². The van der Waals surface area contributed by atoms with Gasteiger partial charge in [-0.25, -0.2) is 23.6 Å². The number of fused-ring (bicyclic) bond motifs is 3. The molecule has 17 nitrogen and oxygen atoms in total. The van der Waals surface area contributed by atoms with Crippen molar-refractivity contribution in [3.63, 3.8) is 0 Å². The molecule has 18 heteroatoms. The maximum Gasteiger partial charge on any atom is 0.427 e. The Bertz CT molecular complexity index is 3440. The van der Waals surface area contributed by atoms with Gasteiger partial charge in [-0.3, -0.25) is 23.9 Å². The minimum atomic E-state index is -0.979. The molecule has 3 aliphatic rings. The van der Waals surface area contributed by atoms with E-state index >= 15 is 9.18 Å². The summed E-state index contributed by atoms with van der Waals surface area (Å²) in [4.78, 5) is 54.0. The zero-order valence-electron chi connectivity index (χ0n) is 38.7. The highest BCUT2D eigenvalue weighted by Crippen LogP contribution is 2.55. The van der Waals surface area contributed by atoms with Crippen molar-refractivity contribution in [2.45, 2.75) is 84.8 Å². The van der Waals surface area contributed by atoms with Gasteiger partial charge in [0.1, 0.15) is 23.5 Å². The number of imidazole rings is 1. The number of rotatable bonds is 10. The molecule has 68 heavy (non-hydrogen) atoms. The van der Waals surface area contributed by atoms with Gasteiger partial charge < -0.3 is 24.1 Å². The third-order valence-corrected chi connectivity index (χ3v) is 13.9. The summed E-state index contributed by atoms with van der Waals surface area (Å²) < 4.78 is 29.2. The number of carbonyl (C=O) groups is 2. The maximum absolute atomic E-state index is 15.4. The molecule has 0 bridgehead atoms. The normalized spacial score (nSPS) is 19.1. The lowest BCUT2D eigenvalue weighted by Crippen LogP contribution is -2.49. The first-order valence-electron chi connectivity index (χ1n) is 22.6. The number of ether oxygens (including phenoxy) is 1. The summed E-state index contributed by atoms with van der Waals surface area (Å²) in [6.07, 6.45) is 6.62. The molecule has 3 N–H and O–H groups in total. The SMILES string of the molecule is COc1nccc(-c2ccc3c(c2)cc(C(=O)N2CCc4nn(-c5cc(C)c(F)c(C)c5)c(-n5ccn(-c6ccc7c(cnn7CC(C)(C)O)c6)c5=O)c4C2)n3[C@@]2(C3NOC(=O)N3)C[C@@H]2C)c1C. The van der Waals surface area contributed by atoms with Crippen LogP contribution < -0.4 is 21.2 Å².